The number of hydrogen-bond donors (Lipinski definition) is 0. The van der Waals surface area contributed by atoms with Crippen LogP contribution in [0.1, 0.15) is 58.8 Å². The second-order valence-electron chi connectivity index (χ2n) is 7.34. The largest absolute Gasteiger partial charge is 0.329 e. The lowest BCUT2D eigenvalue weighted by molar-refractivity contribution is -0.163. The third-order valence-electron chi connectivity index (χ3n) is 5.77. The van der Waals surface area contributed by atoms with Gasteiger partial charge in [0.15, 0.2) is 0 Å². The molecule has 0 bridgehead atoms. The average Bonchev–Trinajstić information content (AvgIpc) is 2.51. The minimum Gasteiger partial charge on any atom is -0.329 e. The molecule has 118 valence electrons. The van der Waals surface area contributed by atoms with Gasteiger partial charge in [-0.3, -0.25) is 9.59 Å². The van der Waals surface area contributed by atoms with Gasteiger partial charge >= 0.3 is 0 Å². The number of carbonyl (C=O) groups excluding carboxylic acids is 2. The average molecular weight is 292 g/mol. The van der Waals surface area contributed by atoms with Crippen molar-refractivity contribution >= 4 is 11.8 Å². The van der Waals surface area contributed by atoms with Crippen LogP contribution >= 0.6 is 0 Å². The van der Waals surface area contributed by atoms with E-state index in [4.69, 9.17) is 0 Å². The summed E-state index contributed by atoms with van der Waals surface area (Å²) in [6, 6.07) is -0.420. The molecule has 2 aliphatic heterocycles. The summed E-state index contributed by atoms with van der Waals surface area (Å²) in [5.74, 6) is 1.80. The van der Waals surface area contributed by atoms with Gasteiger partial charge in [0.05, 0.1) is 0 Å². The van der Waals surface area contributed by atoms with Gasteiger partial charge < -0.3 is 9.80 Å². The number of carbonyl (C=O) groups is 2. The topological polar surface area (TPSA) is 40.6 Å². The van der Waals surface area contributed by atoms with E-state index in [1.165, 1.54) is 25.7 Å². The molecule has 2 amide bonds. The Hall–Kier alpha value is -1.06. The van der Waals surface area contributed by atoms with E-state index in [0.29, 0.717) is 5.92 Å². The third-order valence-corrected chi connectivity index (χ3v) is 5.77. The van der Waals surface area contributed by atoms with E-state index in [-0.39, 0.29) is 23.9 Å². The molecule has 0 aromatic rings. The number of nitrogens with zero attached hydrogens (tertiary/aromatic N) is 2. The summed E-state index contributed by atoms with van der Waals surface area (Å²) in [6.45, 7) is 5.79. The minimum atomic E-state index is -0.258. The number of amides is 2. The van der Waals surface area contributed by atoms with E-state index in [1.807, 2.05) is 16.7 Å². The Morgan fingerprint density at radius 3 is 2.38 bits per heavy atom. The van der Waals surface area contributed by atoms with Crippen molar-refractivity contribution in [2.75, 3.05) is 13.1 Å². The molecule has 4 nitrogen and oxygen atoms in total. The molecule has 2 heterocycles. The quantitative estimate of drug-likeness (QED) is 0.784. The maximum absolute atomic E-state index is 12.8. The lowest BCUT2D eigenvalue weighted by Gasteiger charge is -2.47. The summed E-state index contributed by atoms with van der Waals surface area (Å²) in [4.78, 5) is 29.1. The van der Waals surface area contributed by atoms with Crippen molar-refractivity contribution in [1.29, 1.82) is 0 Å². The molecule has 1 saturated carbocycles. The minimum absolute atomic E-state index is 0.162. The Labute approximate surface area is 127 Å². The van der Waals surface area contributed by atoms with E-state index in [9.17, 15) is 9.59 Å². The molecular formula is C17H28N2O2. The summed E-state index contributed by atoms with van der Waals surface area (Å²) in [7, 11) is 0. The number of piperazine rings is 1. The fraction of sp³-hybridized carbons (Fsp3) is 0.882. The van der Waals surface area contributed by atoms with Gasteiger partial charge in [0, 0.05) is 13.1 Å². The molecule has 21 heavy (non-hydrogen) atoms. The highest BCUT2D eigenvalue weighted by molar-refractivity contribution is 5.96. The maximum Gasteiger partial charge on any atom is 0.246 e. The highest BCUT2D eigenvalue weighted by Crippen LogP contribution is 2.32. The van der Waals surface area contributed by atoms with Gasteiger partial charge in [-0.1, -0.05) is 19.8 Å². The van der Waals surface area contributed by atoms with Gasteiger partial charge in [-0.25, -0.2) is 0 Å². The van der Waals surface area contributed by atoms with Crippen LogP contribution in [-0.4, -0.2) is 46.8 Å². The van der Waals surface area contributed by atoms with Crippen LogP contribution in [0.5, 0.6) is 0 Å². The highest BCUT2D eigenvalue weighted by atomic mass is 16.2. The summed E-state index contributed by atoms with van der Waals surface area (Å²) < 4.78 is 0. The van der Waals surface area contributed by atoms with Crippen LogP contribution in [0.2, 0.25) is 0 Å². The van der Waals surface area contributed by atoms with Crippen molar-refractivity contribution in [3.05, 3.63) is 0 Å². The molecule has 2 unspecified atom stereocenters. The van der Waals surface area contributed by atoms with Gasteiger partial charge in [0.1, 0.15) is 12.1 Å². The normalized spacial score (nSPS) is 37.6. The molecule has 0 N–H and O–H groups in total. The molecule has 3 rings (SSSR count). The lowest BCUT2D eigenvalue weighted by atomic mass is 9.82. The lowest BCUT2D eigenvalue weighted by Crippen LogP contribution is -2.65. The molecule has 4 heteroatoms. The van der Waals surface area contributed by atoms with Gasteiger partial charge in [0.2, 0.25) is 11.8 Å². The first kappa shape index (κ1) is 14.9. The Bertz CT molecular complexity index is 415. The summed E-state index contributed by atoms with van der Waals surface area (Å²) in [5.41, 5.74) is 0. The fourth-order valence-corrected chi connectivity index (χ4v) is 4.25. The van der Waals surface area contributed by atoms with Gasteiger partial charge in [-0.05, 0) is 50.9 Å². The first-order valence-electron chi connectivity index (χ1n) is 8.69. The van der Waals surface area contributed by atoms with E-state index >= 15 is 0 Å². The molecule has 2 atom stereocenters. The van der Waals surface area contributed by atoms with Crippen LogP contribution in [0, 0.1) is 11.8 Å². The summed E-state index contributed by atoms with van der Waals surface area (Å²) >= 11 is 0. The standard InChI is InChI=1S/C17H28N2O2/c1-12-6-8-14(9-7-12)11-19-13(2)16(20)18-10-4-3-5-15(18)17(19)21/h12-15H,3-11H2,1-2H3. The van der Waals surface area contributed by atoms with Crippen LogP contribution in [0.4, 0.5) is 0 Å². The first-order valence-corrected chi connectivity index (χ1v) is 8.69. The van der Waals surface area contributed by atoms with Crippen molar-refractivity contribution in [3.63, 3.8) is 0 Å². The second kappa shape index (κ2) is 5.98. The van der Waals surface area contributed by atoms with Crippen LogP contribution < -0.4 is 0 Å². The van der Waals surface area contributed by atoms with Crippen molar-refractivity contribution in [1.82, 2.24) is 9.80 Å². The molecule has 2 saturated heterocycles. The van der Waals surface area contributed by atoms with Crippen molar-refractivity contribution in [2.45, 2.75) is 70.9 Å². The summed E-state index contributed by atoms with van der Waals surface area (Å²) in [6.07, 6.45) is 7.93. The maximum atomic E-state index is 12.8. The van der Waals surface area contributed by atoms with Gasteiger partial charge in [-0.2, -0.15) is 0 Å². The zero-order chi connectivity index (χ0) is 15.0. The van der Waals surface area contributed by atoms with Crippen LogP contribution in [0.3, 0.4) is 0 Å². The van der Waals surface area contributed by atoms with E-state index in [2.05, 4.69) is 6.92 Å². The second-order valence-corrected chi connectivity index (χ2v) is 7.34. The Balaban J connectivity index is 1.69. The fourth-order valence-electron chi connectivity index (χ4n) is 4.25. The van der Waals surface area contributed by atoms with Crippen molar-refractivity contribution in [3.8, 4) is 0 Å². The van der Waals surface area contributed by atoms with Crippen LogP contribution in [-0.2, 0) is 9.59 Å². The zero-order valence-corrected chi connectivity index (χ0v) is 13.4. The number of piperidine rings is 1. The number of hydrogen-bond acceptors (Lipinski definition) is 2. The molecule has 0 aromatic carbocycles. The Morgan fingerprint density at radius 1 is 0.952 bits per heavy atom. The van der Waals surface area contributed by atoms with Crippen molar-refractivity contribution < 1.29 is 9.59 Å². The molecular weight excluding hydrogens is 264 g/mol. The molecule has 0 radical (unpaired) electrons. The monoisotopic (exact) mass is 292 g/mol. The Morgan fingerprint density at radius 2 is 1.67 bits per heavy atom. The van der Waals surface area contributed by atoms with E-state index in [0.717, 1.165) is 38.3 Å². The van der Waals surface area contributed by atoms with Crippen LogP contribution in [0.25, 0.3) is 0 Å². The predicted octanol–water partition coefficient (Wildman–Crippen LogP) is 2.42. The molecule has 0 spiro atoms. The van der Waals surface area contributed by atoms with E-state index < -0.39 is 0 Å². The van der Waals surface area contributed by atoms with Gasteiger partial charge in [0.25, 0.3) is 0 Å². The zero-order valence-electron chi connectivity index (χ0n) is 13.4. The molecule has 0 aromatic heterocycles. The SMILES string of the molecule is CC1CCC(CN2C(=O)C3CCCCN3C(=O)C2C)CC1. The number of rotatable bonds is 2. The number of fused-ring (bicyclic) bond motifs is 1. The van der Waals surface area contributed by atoms with Gasteiger partial charge in [-0.15, -0.1) is 0 Å². The summed E-state index contributed by atoms with van der Waals surface area (Å²) in [5, 5.41) is 0. The predicted molar refractivity (Wildman–Crippen MR) is 81.6 cm³/mol. The van der Waals surface area contributed by atoms with Crippen LogP contribution in [0.15, 0.2) is 0 Å². The van der Waals surface area contributed by atoms with E-state index in [1.54, 1.807) is 0 Å². The molecule has 3 aliphatic rings. The highest BCUT2D eigenvalue weighted by Gasteiger charge is 2.45. The smallest absolute Gasteiger partial charge is 0.246 e. The first-order chi connectivity index (χ1) is 10.1. The third kappa shape index (κ3) is 2.82. The molecule has 3 fully saturated rings. The van der Waals surface area contributed by atoms with Crippen molar-refractivity contribution in [2.24, 2.45) is 11.8 Å². The molecule has 1 aliphatic carbocycles. The Kier molecular flexibility index (Phi) is 4.23.